The summed E-state index contributed by atoms with van der Waals surface area (Å²) in [5, 5.41) is 0. The summed E-state index contributed by atoms with van der Waals surface area (Å²) in [4.78, 5) is 14.0. The van der Waals surface area contributed by atoms with Gasteiger partial charge in [-0.2, -0.15) is 8.42 Å². The normalized spacial score (nSPS) is 16.7. The lowest BCUT2D eigenvalue weighted by Crippen LogP contribution is -2.22. The predicted octanol–water partition coefficient (Wildman–Crippen LogP) is 3.25. The number of nitrogens with zero attached hydrogens (tertiary/aromatic N) is 1. The van der Waals surface area contributed by atoms with E-state index in [9.17, 15) is 13.2 Å². The Bertz CT molecular complexity index is 993. The van der Waals surface area contributed by atoms with Gasteiger partial charge in [-0.15, -0.1) is 0 Å². The Kier molecular flexibility index (Phi) is 5.33. The minimum absolute atomic E-state index is 0.187. The summed E-state index contributed by atoms with van der Waals surface area (Å²) in [7, 11) is -2.01. The zero-order chi connectivity index (χ0) is 18.9. The fourth-order valence-corrected chi connectivity index (χ4v) is 3.75. The number of hydrogen-bond acceptors (Lipinski definition) is 7. The van der Waals surface area contributed by atoms with Crippen LogP contribution in [-0.2, 0) is 25.7 Å². The number of furan rings is 1. The van der Waals surface area contributed by atoms with E-state index in [0.717, 1.165) is 23.6 Å². The van der Waals surface area contributed by atoms with Crippen molar-refractivity contribution in [1.82, 2.24) is 4.90 Å². The fourth-order valence-electron chi connectivity index (χ4n) is 2.26. The van der Waals surface area contributed by atoms with Crippen LogP contribution < -0.4 is 0 Å². The molecular weight excluding hydrogens is 394 g/mol. The van der Waals surface area contributed by atoms with Gasteiger partial charge < -0.3 is 4.42 Å². The van der Waals surface area contributed by atoms with Gasteiger partial charge in [-0.05, 0) is 6.07 Å². The van der Waals surface area contributed by atoms with Gasteiger partial charge in [0, 0.05) is 24.3 Å². The van der Waals surface area contributed by atoms with E-state index in [2.05, 4.69) is 0 Å². The lowest BCUT2D eigenvalue weighted by atomic mass is 10.1. The molecule has 6 nitrogen and oxygen atoms in total. The van der Waals surface area contributed by atoms with Crippen molar-refractivity contribution in [2.24, 2.45) is 0 Å². The van der Waals surface area contributed by atoms with Crippen LogP contribution in [0.3, 0.4) is 0 Å². The van der Waals surface area contributed by atoms with Gasteiger partial charge in [0.05, 0.1) is 17.8 Å². The summed E-state index contributed by atoms with van der Waals surface area (Å²) in [6.07, 6.45) is 2.54. The number of carbonyl (C=O) groups is 1. The second-order valence-corrected chi connectivity index (χ2v) is 8.89. The Labute approximate surface area is 160 Å². The van der Waals surface area contributed by atoms with Crippen LogP contribution in [0.15, 0.2) is 45.7 Å². The van der Waals surface area contributed by atoms with Gasteiger partial charge >= 0.3 is 0 Å². The summed E-state index contributed by atoms with van der Waals surface area (Å²) in [5.41, 5.74) is 1.35. The summed E-state index contributed by atoms with van der Waals surface area (Å²) in [6.45, 7) is -0.187. The molecule has 2 aromatic rings. The summed E-state index contributed by atoms with van der Waals surface area (Å²) in [5.74, 6) is 0.685. The van der Waals surface area contributed by atoms with Crippen LogP contribution in [0.1, 0.15) is 11.3 Å². The number of carbonyl (C=O) groups excluding carboxylic acids is 1. The molecule has 1 aliphatic heterocycles. The largest absolute Gasteiger partial charge is 0.456 e. The number of amides is 1. The van der Waals surface area contributed by atoms with Gasteiger partial charge in [-0.1, -0.05) is 54.3 Å². The zero-order valence-electron chi connectivity index (χ0n) is 14.0. The first-order valence-electron chi connectivity index (χ1n) is 7.49. The number of thioether (sulfide) groups is 1. The van der Waals surface area contributed by atoms with E-state index >= 15 is 0 Å². The van der Waals surface area contributed by atoms with E-state index in [0.29, 0.717) is 26.3 Å². The molecule has 9 heteroatoms. The molecule has 0 N–H and O–H groups in total. The Hall–Kier alpha value is -1.94. The lowest BCUT2D eigenvalue weighted by Gasteiger charge is -2.03. The SMILES string of the molecule is CN1C(=O)/C(=C/c2oc(-c3ccccc3)cc2COS(C)(=O)=O)SC1=S. The van der Waals surface area contributed by atoms with Crippen molar-refractivity contribution < 1.29 is 21.8 Å². The van der Waals surface area contributed by atoms with Crippen LogP contribution in [0.5, 0.6) is 0 Å². The van der Waals surface area contributed by atoms with Gasteiger partial charge in [0.1, 0.15) is 15.8 Å². The third kappa shape index (κ3) is 4.24. The molecule has 0 saturated carbocycles. The molecule has 1 amide bonds. The minimum Gasteiger partial charge on any atom is -0.456 e. The number of hydrogen-bond donors (Lipinski definition) is 0. The third-order valence-corrected chi connectivity index (χ3v) is 5.61. The first-order chi connectivity index (χ1) is 12.2. The van der Waals surface area contributed by atoms with Crippen LogP contribution in [0.4, 0.5) is 0 Å². The highest BCUT2D eigenvalue weighted by Crippen LogP contribution is 2.34. The Morgan fingerprint density at radius 2 is 2.00 bits per heavy atom. The van der Waals surface area contributed by atoms with Gasteiger partial charge in [0.2, 0.25) is 0 Å². The molecule has 2 heterocycles. The first-order valence-corrected chi connectivity index (χ1v) is 10.5. The van der Waals surface area contributed by atoms with Crippen LogP contribution >= 0.6 is 24.0 Å². The molecule has 136 valence electrons. The van der Waals surface area contributed by atoms with Crippen molar-refractivity contribution in [1.29, 1.82) is 0 Å². The minimum atomic E-state index is -3.61. The van der Waals surface area contributed by atoms with Crippen LogP contribution in [0, 0.1) is 0 Å². The van der Waals surface area contributed by atoms with E-state index < -0.39 is 10.1 Å². The Morgan fingerprint density at radius 3 is 2.58 bits per heavy atom. The van der Waals surface area contributed by atoms with Crippen LogP contribution in [-0.4, -0.2) is 36.8 Å². The number of benzene rings is 1. The van der Waals surface area contributed by atoms with Gasteiger partial charge in [0.15, 0.2) is 0 Å². The molecular formula is C17H15NO5S3. The molecule has 1 aliphatic rings. The standard InChI is InChI=1S/C17H15NO5S3/c1-18-16(19)15(25-17(18)24)9-14-12(10-22-26(2,20)21)8-13(23-14)11-6-4-3-5-7-11/h3-9H,10H2,1-2H3/b15-9-. The molecule has 0 spiro atoms. The van der Waals surface area contributed by atoms with Crippen molar-refractivity contribution in [2.75, 3.05) is 13.3 Å². The second-order valence-electron chi connectivity index (χ2n) is 5.57. The van der Waals surface area contributed by atoms with E-state index in [-0.39, 0.29) is 12.5 Å². The summed E-state index contributed by atoms with van der Waals surface area (Å²) < 4.78 is 33.9. The molecule has 3 rings (SSSR count). The third-order valence-electron chi connectivity index (χ3n) is 3.58. The van der Waals surface area contributed by atoms with Gasteiger partial charge in [0.25, 0.3) is 16.0 Å². The molecule has 1 fully saturated rings. The summed E-state index contributed by atoms with van der Waals surface area (Å²) >= 11 is 6.28. The first kappa shape index (κ1) is 18.8. The molecule has 0 atom stereocenters. The Balaban J connectivity index is 2.00. The number of likely N-dealkylation sites (N-methyl/N-ethyl adjacent to an activating group) is 1. The second kappa shape index (κ2) is 7.36. The fraction of sp³-hybridized carbons (Fsp3) is 0.176. The number of thiocarbonyl (C=S) groups is 1. The highest BCUT2D eigenvalue weighted by molar-refractivity contribution is 8.26. The van der Waals surface area contributed by atoms with Crippen LogP contribution in [0.2, 0.25) is 0 Å². The van der Waals surface area contributed by atoms with Crippen LogP contribution in [0.25, 0.3) is 17.4 Å². The molecule has 1 aromatic heterocycles. The van der Waals surface area contributed by atoms with Crippen molar-refractivity contribution in [3.05, 3.63) is 52.6 Å². The highest BCUT2D eigenvalue weighted by atomic mass is 32.2. The summed E-state index contributed by atoms with van der Waals surface area (Å²) in [6, 6.07) is 11.1. The van der Waals surface area contributed by atoms with Crippen molar-refractivity contribution in [3.8, 4) is 11.3 Å². The predicted molar refractivity (Wildman–Crippen MR) is 105 cm³/mol. The smallest absolute Gasteiger partial charge is 0.266 e. The molecule has 1 saturated heterocycles. The van der Waals surface area contributed by atoms with E-state index in [1.54, 1.807) is 19.2 Å². The maximum atomic E-state index is 12.2. The highest BCUT2D eigenvalue weighted by Gasteiger charge is 2.29. The molecule has 0 aliphatic carbocycles. The van der Waals surface area contributed by atoms with Gasteiger partial charge in [-0.3, -0.25) is 13.9 Å². The monoisotopic (exact) mass is 409 g/mol. The average Bonchev–Trinajstić information content (AvgIpc) is 3.10. The topological polar surface area (TPSA) is 76.8 Å². The maximum absolute atomic E-state index is 12.2. The molecule has 0 unspecified atom stereocenters. The number of rotatable bonds is 5. The zero-order valence-corrected chi connectivity index (χ0v) is 16.4. The van der Waals surface area contributed by atoms with Gasteiger partial charge in [-0.25, -0.2) is 0 Å². The molecule has 0 radical (unpaired) electrons. The average molecular weight is 410 g/mol. The molecule has 0 bridgehead atoms. The van der Waals surface area contributed by atoms with E-state index in [1.165, 1.54) is 4.90 Å². The van der Waals surface area contributed by atoms with Crippen molar-refractivity contribution >= 4 is 50.4 Å². The molecule has 1 aromatic carbocycles. The quantitative estimate of drug-likeness (QED) is 0.426. The lowest BCUT2D eigenvalue weighted by molar-refractivity contribution is -0.121. The Morgan fingerprint density at radius 1 is 1.31 bits per heavy atom. The van der Waals surface area contributed by atoms with E-state index in [4.69, 9.17) is 20.8 Å². The maximum Gasteiger partial charge on any atom is 0.266 e. The van der Waals surface area contributed by atoms with Crippen molar-refractivity contribution in [2.45, 2.75) is 6.61 Å². The van der Waals surface area contributed by atoms with Crippen molar-refractivity contribution in [3.63, 3.8) is 0 Å². The molecule has 26 heavy (non-hydrogen) atoms. The van der Waals surface area contributed by atoms with E-state index in [1.807, 2.05) is 30.3 Å².